The van der Waals surface area contributed by atoms with E-state index >= 15 is 0 Å². The van der Waals surface area contributed by atoms with E-state index in [0.717, 1.165) is 0 Å². The van der Waals surface area contributed by atoms with Gasteiger partial charge in [0.2, 0.25) is 0 Å². The molecule has 2 spiro atoms. The summed E-state index contributed by atoms with van der Waals surface area (Å²) in [5.41, 5.74) is -7.39. The fourth-order valence-corrected chi connectivity index (χ4v) is 5.66. The Kier molecular flexibility index (Phi) is 2.58. The van der Waals surface area contributed by atoms with Crippen LogP contribution in [0.5, 0.6) is 0 Å². The van der Waals surface area contributed by atoms with E-state index in [1.165, 1.54) is 6.92 Å². The maximum atomic E-state index is 12.4. The number of hydrogen-bond acceptors (Lipinski definition) is 8. The van der Waals surface area contributed by atoms with Crippen LogP contribution in [-0.4, -0.2) is 68.5 Å². The molecule has 8 heteroatoms. The van der Waals surface area contributed by atoms with Crippen molar-refractivity contribution in [2.45, 2.75) is 56.2 Å². The van der Waals surface area contributed by atoms with Crippen molar-refractivity contribution in [2.75, 3.05) is 6.61 Å². The molecule has 2 bridgehead atoms. The molecule has 2 aliphatic carbocycles. The van der Waals surface area contributed by atoms with Crippen molar-refractivity contribution in [3.63, 3.8) is 0 Å². The molecule has 2 unspecified atom stereocenters. The molecule has 8 nitrogen and oxygen atoms in total. The Labute approximate surface area is 132 Å². The lowest BCUT2D eigenvalue weighted by atomic mass is 9.42. The highest BCUT2D eigenvalue weighted by molar-refractivity contribution is 5.88. The van der Waals surface area contributed by atoms with E-state index in [-0.39, 0.29) is 19.4 Å². The largest absolute Gasteiger partial charge is 0.464 e. The minimum absolute atomic E-state index is 0.0311. The van der Waals surface area contributed by atoms with Gasteiger partial charge in [0.05, 0.1) is 6.10 Å². The van der Waals surface area contributed by atoms with Gasteiger partial charge in [-0.25, -0.2) is 4.79 Å². The molecule has 8 atom stereocenters. The zero-order valence-corrected chi connectivity index (χ0v) is 12.9. The van der Waals surface area contributed by atoms with E-state index in [1.54, 1.807) is 6.92 Å². The zero-order valence-electron chi connectivity index (χ0n) is 12.9. The topological polar surface area (TPSA) is 134 Å². The third-order valence-corrected chi connectivity index (χ3v) is 7.05. The molecule has 0 aromatic heterocycles. The summed E-state index contributed by atoms with van der Waals surface area (Å²) in [6.45, 7) is 2.71. The van der Waals surface area contributed by atoms with Gasteiger partial charge in [0.1, 0.15) is 23.9 Å². The lowest BCUT2D eigenvalue weighted by molar-refractivity contribution is -0.371. The van der Waals surface area contributed by atoms with Crippen molar-refractivity contribution in [3.8, 4) is 0 Å². The summed E-state index contributed by atoms with van der Waals surface area (Å²) in [4.78, 5) is 24.5. The van der Waals surface area contributed by atoms with Gasteiger partial charge in [-0.3, -0.25) is 4.79 Å². The van der Waals surface area contributed by atoms with Crippen LogP contribution >= 0.6 is 0 Å². The average Bonchev–Trinajstić information content (AvgIpc) is 2.64. The molecule has 0 aromatic carbocycles. The average molecular weight is 328 g/mol. The number of hydrogen-bond donors (Lipinski definition) is 4. The molecule has 23 heavy (non-hydrogen) atoms. The molecule has 128 valence electrons. The maximum Gasteiger partial charge on any atom is 0.336 e. The SMILES string of the molecule is C[C@H]1C[C@H](O)[C@@]2(O)[C@@]3(COC3=O)[C@](C)(O)C3C[C@]12C(O)C(=O)O3. The minimum atomic E-state index is -2.17. The van der Waals surface area contributed by atoms with E-state index in [2.05, 4.69) is 0 Å². The molecule has 2 heterocycles. The minimum Gasteiger partial charge on any atom is -0.464 e. The Bertz CT molecular complexity index is 617. The molecule has 4 rings (SSSR count). The molecule has 4 aliphatic rings. The molecule has 4 N–H and O–H groups in total. The number of carbonyl (C=O) groups excluding carboxylic acids is 2. The Balaban J connectivity index is 2.04. The molecular weight excluding hydrogens is 308 g/mol. The molecule has 0 radical (unpaired) electrons. The van der Waals surface area contributed by atoms with Gasteiger partial charge in [0, 0.05) is 5.41 Å². The van der Waals surface area contributed by atoms with Gasteiger partial charge in [0.15, 0.2) is 11.5 Å². The molecule has 0 amide bonds. The zero-order chi connectivity index (χ0) is 17.0. The first-order chi connectivity index (χ1) is 10.6. The molecule has 2 aliphatic heterocycles. The van der Waals surface area contributed by atoms with Crippen molar-refractivity contribution in [2.24, 2.45) is 16.7 Å². The summed E-state index contributed by atoms with van der Waals surface area (Å²) in [5, 5.41) is 43.7. The third kappa shape index (κ3) is 1.18. The first-order valence-corrected chi connectivity index (χ1v) is 7.76. The lowest BCUT2D eigenvalue weighted by Gasteiger charge is -2.69. The highest BCUT2D eigenvalue weighted by Gasteiger charge is 2.89. The highest BCUT2D eigenvalue weighted by atomic mass is 16.6. The number of carbonyl (C=O) groups is 2. The number of cyclic esters (lactones) is 1. The highest BCUT2D eigenvalue weighted by Crippen LogP contribution is 2.72. The van der Waals surface area contributed by atoms with Crippen LogP contribution in [0.2, 0.25) is 0 Å². The normalized spacial score (nSPS) is 60.8. The second-order valence-corrected chi connectivity index (χ2v) is 7.62. The van der Waals surface area contributed by atoms with Gasteiger partial charge >= 0.3 is 11.9 Å². The van der Waals surface area contributed by atoms with Gasteiger partial charge in [-0.15, -0.1) is 0 Å². The number of ether oxygens (including phenoxy) is 2. The number of fused-ring (bicyclic) bond motifs is 2. The van der Waals surface area contributed by atoms with Crippen molar-refractivity contribution >= 4 is 11.9 Å². The van der Waals surface area contributed by atoms with Crippen molar-refractivity contribution in [1.82, 2.24) is 0 Å². The van der Waals surface area contributed by atoms with Crippen LogP contribution in [0.15, 0.2) is 0 Å². The van der Waals surface area contributed by atoms with Crippen molar-refractivity contribution in [1.29, 1.82) is 0 Å². The first-order valence-electron chi connectivity index (χ1n) is 7.76. The van der Waals surface area contributed by atoms with Crippen LogP contribution in [0.4, 0.5) is 0 Å². The fraction of sp³-hybridized carbons (Fsp3) is 0.867. The van der Waals surface area contributed by atoms with Crippen molar-refractivity contribution < 1.29 is 39.5 Å². The van der Waals surface area contributed by atoms with E-state index in [0.29, 0.717) is 0 Å². The Morgan fingerprint density at radius 1 is 1.22 bits per heavy atom. The summed E-state index contributed by atoms with van der Waals surface area (Å²) >= 11 is 0. The van der Waals surface area contributed by atoms with Crippen LogP contribution < -0.4 is 0 Å². The predicted molar refractivity (Wildman–Crippen MR) is 71.7 cm³/mol. The second kappa shape index (κ2) is 3.88. The van der Waals surface area contributed by atoms with Crippen LogP contribution in [0.25, 0.3) is 0 Å². The smallest absolute Gasteiger partial charge is 0.336 e. The second-order valence-electron chi connectivity index (χ2n) is 7.62. The standard InChI is InChI=1S/C15H20O8/c1-6-3-7(16)15(21)13(6)4-8(23-10(18)9(13)17)12(2,20)14(15)5-22-11(14)19/h6-9,16-17,20-21H,3-5H2,1-2H3/t6-,7-,8?,9?,12+,13+,14+,15-/m0/s1. The van der Waals surface area contributed by atoms with E-state index in [4.69, 9.17) is 9.47 Å². The molecule has 2 saturated heterocycles. The summed E-state index contributed by atoms with van der Waals surface area (Å²) in [6, 6.07) is 0. The quantitative estimate of drug-likeness (QED) is 0.379. The number of rotatable bonds is 0. The third-order valence-electron chi connectivity index (χ3n) is 7.05. The lowest BCUT2D eigenvalue weighted by Crippen LogP contribution is -2.87. The molecular formula is C15H20O8. The van der Waals surface area contributed by atoms with Crippen molar-refractivity contribution in [3.05, 3.63) is 0 Å². The van der Waals surface area contributed by atoms with Gasteiger partial charge in [-0.05, 0) is 25.7 Å². The monoisotopic (exact) mass is 328 g/mol. The van der Waals surface area contributed by atoms with Crippen LogP contribution in [0, 0.1) is 16.7 Å². The van der Waals surface area contributed by atoms with Gasteiger partial charge in [-0.2, -0.15) is 0 Å². The van der Waals surface area contributed by atoms with E-state index < -0.39 is 58.2 Å². The molecule has 4 fully saturated rings. The molecule has 2 saturated carbocycles. The Hall–Kier alpha value is -1.22. The summed E-state index contributed by atoms with van der Waals surface area (Å²) in [6.07, 6.45) is -4.06. The van der Waals surface area contributed by atoms with Gasteiger partial charge < -0.3 is 29.9 Å². The Morgan fingerprint density at radius 3 is 2.39 bits per heavy atom. The van der Waals surface area contributed by atoms with Gasteiger partial charge in [-0.1, -0.05) is 6.92 Å². The number of aliphatic hydroxyl groups excluding tert-OH is 2. The van der Waals surface area contributed by atoms with Gasteiger partial charge in [0.25, 0.3) is 0 Å². The van der Waals surface area contributed by atoms with E-state index in [9.17, 15) is 30.0 Å². The summed E-state index contributed by atoms with van der Waals surface area (Å²) in [7, 11) is 0. The predicted octanol–water partition coefficient (Wildman–Crippen LogP) is -1.91. The van der Waals surface area contributed by atoms with Crippen LogP contribution in [0.1, 0.15) is 26.7 Å². The van der Waals surface area contributed by atoms with E-state index in [1.807, 2.05) is 0 Å². The fourth-order valence-electron chi connectivity index (χ4n) is 5.66. The first kappa shape index (κ1) is 15.3. The van der Waals surface area contributed by atoms with Crippen LogP contribution in [-0.2, 0) is 19.1 Å². The maximum absolute atomic E-state index is 12.4. The summed E-state index contributed by atoms with van der Waals surface area (Å²) in [5.74, 6) is -2.25. The molecule has 0 aromatic rings. The summed E-state index contributed by atoms with van der Waals surface area (Å²) < 4.78 is 10.0. The Morgan fingerprint density at radius 2 is 1.87 bits per heavy atom. The number of esters is 2. The number of aliphatic hydroxyl groups is 4. The van der Waals surface area contributed by atoms with Crippen LogP contribution in [0.3, 0.4) is 0 Å².